The number of aromatic nitrogens is 1. The Morgan fingerprint density at radius 2 is 1.72 bits per heavy atom. The Morgan fingerprint density at radius 3 is 2.44 bits per heavy atom. The number of likely N-dealkylation sites (tertiary alicyclic amines) is 1. The lowest BCUT2D eigenvalue weighted by Gasteiger charge is -2.42. The van der Waals surface area contributed by atoms with E-state index < -0.39 is 0 Å². The number of nitrogens with zero attached hydrogens (tertiary/aromatic N) is 2. The quantitative estimate of drug-likeness (QED) is 0.569. The maximum atomic E-state index is 13.2. The van der Waals surface area contributed by atoms with Crippen LogP contribution in [0.1, 0.15) is 23.6 Å². The Hall–Kier alpha value is -4.14. The minimum Gasteiger partial charge on any atom is -0.497 e. The molecule has 1 fully saturated rings. The highest BCUT2D eigenvalue weighted by molar-refractivity contribution is 5.92. The molecule has 2 aromatic carbocycles. The molecule has 36 heavy (non-hydrogen) atoms. The monoisotopic (exact) mass is 490 g/mol. The molecule has 5 rings (SSSR count). The first-order valence-corrected chi connectivity index (χ1v) is 11.9. The van der Waals surface area contributed by atoms with Crippen LogP contribution < -0.4 is 20.9 Å². The largest absolute Gasteiger partial charge is 0.497 e. The number of pyridine rings is 1. The molecule has 9 heteroatoms. The SMILES string of the molecule is COc1ccc(CC(=O)Nc2ccc3n(c2=O)C[C@H]2C[C@@H]3CN(C(=O)Nc3ccc(F)cc3)C2)cc1. The van der Waals surface area contributed by atoms with Gasteiger partial charge >= 0.3 is 6.03 Å². The van der Waals surface area contributed by atoms with Gasteiger partial charge in [-0.05, 0) is 66.4 Å². The maximum absolute atomic E-state index is 13.2. The number of carbonyl (C=O) groups excluding carboxylic acids is 2. The Bertz CT molecular complexity index is 1340. The average molecular weight is 491 g/mol. The first-order chi connectivity index (χ1) is 17.4. The first kappa shape index (κ1) is 23.6. The van der Waals surface area contributed by atoms with Crippen molar-refractivity contribution >= 4 is 23.3 Å². The molecular formula is C27H27FN4O4. The van der Waals surface area contributed by atoms with Gasteiger partial charge in [-0.25, -0.2) is 9.18 Å². The van der Waals surface area contributed by atoms with Gasteiger partial charge in [0.1, 0.15) is 17.3 Å². The fourth-order valence-corrected chi connectivity index (χ4v) is 5.07. The van der Waals surface area contributed by atoms with E-state index in [1.165, 1.54) is 24.3 Å². The number of anilines is 2. The molecule has 2 bridgehead atoms. The van der Waals surface area contributed by atoms with E-state index in [0.29, 0.717) is 31.1 Å². The lowest BCUT2D eigenvalue weighted by molar-refractivity contribution is -0.115. The van der Waals surface area contributed by atoms with Crippen molar-refractivity contribution < 1.29 is 18.7 Å². The molecule has 186 valence electrons. The highest BCUT2D eigenvalue weighted by atomic mass is 19.1. The minimum atomic E-state index is -0.362. The number of nitrogens with one attached hydrogen (secondary N) is 2. The summed E-state index contributed by atoms with van der Waals surface area (Å²) in [6, 6.07) is 16.1. The third kappa shape index (κ3) is 4.95. The van der Waals surface area contributed by atoms with Crippen molar-refractivity contribution in [1.82, 2.24) is 9.47 Å². The second kappa shape index (κ2) is 9.85. The van der Waals surface area contributed by atoms with Crippen molar-refractivity contribution in [2.24, 2.45) is 5.92 Å². The van der Waals surface area contributed by atoms with Gasteiger partial charge in [-0.2, -0.15) is 0 Å². The number of ether oxygens (including phenoxy) is 1. The van der Waals surface area contributed by atoms with Gasteiger partial charge in [-0.1, -0.05) is 12.1 Å². The van der Waals surface area contributed by atoms with Crippen LogP contribution >= 0.6 is 0 Å². The third-order valence-electron chi connectivity index (χ3n) is 6.78. The van der Waals surface area contributed by atoms with E-state index in [2.05, 4.69) is 10.6 Å². The fraction of sp³-hybridized carbons (Fsp3) is 0.296. The molecule has 0 saturated carbocycles. The van der Waals surface area contributed by atoms with E-state index in [1.54, 1.807) is 34.8 Å². The predicted octanol–water partition coefficient (Wildman–Crippen LogP) is 3.83. The van der Waals surface area contributed by atoms with E-state index in [9.17, 15) is 18.8 Å². The maximum Gasteiger partial charge on any atom is 0.321 e. The number of hydrogen-bond donors (Lipinski definition) is 2. The van der Waals surface area contributed by atoms with Crippen LogP contribution in [-0.2, 0) is 17.8 Å². The van der Waals surface area contributed by atoms with Crippen LogP contribution in [0.5, 0.6) is 5.75 Å². The normalized spacial score (nSPS) is 18.2. The second-order valence-electron chi connectivity index (χ2n) is 9.30. The molecule has 3 aromatic rings. The van der Waals surface area contributed by atoms with Gasteiger partial charge in [0.25, 0.3) is 5.56 Å². The van der Waals surface area contributed by atoms with Crippen molar-refractivity contribution in [1.29, 1.82) is 0 Å². The fourth-order valence-electron chi connectivity index (χ4n) is 5.07. The molecule has 0 spiro atoms. The van der Waals surface area contributed by atoms with Crippen molar-refractivity contribution in [3.8, 4) is 5.75 Å². The van der Waals surface area contributed by atoms with Crippen LogP contribution in [-0.4, -0.2) is 41.6 Å². The molecule has 2 aliphatic heterocycles. The molecular weight excluding hydrogens is 463 g/mol. The average Bonchev–Trinajstić information content (AvgIpc) is 2.87. The number of methoxy groups -OCH3 is 1. The molecule has 2 N–H and O–H groups in total. The summed E-state index contributed by atoms with van der Waals surface area (Å²) in [6.45, 7) is 1.47. The Morgan fingerprint density at radius 1 is 0.972 bits per heavy atom. The van der Waals surface area contributed by atoms with Gasteiger partial charge in [-0.15, -0.1) is 0 Å². The lowest BCUT2D eigenvalue weighted by atomic mass is 9.83. The summed E-state index contributed by atoms with van der Waals surface area (Å²) in [5.74, 6) is 0.229. The van der Waals surface area contributed by atoms with Gasteiger partial charge in [0, 0.05) is 36.9 Å². The summed E-state index contributed by atoms with van der Waals surface area (Å²) < 4.78 is 20.0. The molecule has 3 amide bonds. The van der Waals surface area contributed by atoms with E-state index in [1.807, 2.05) is 18.2 Å². The van der Waals surface area contributed by atoms with Crippen molar-refractivity contribution in [2.75, 3.05) is 30.8 Å². The Kier molecular flexibility index (Phi) is 6.45. The van der Waals surface area contributed by atoms with E-state index in [-0.39, 0.29) is 47.3 Å². The number of urea groups is 1. The lowest BCUT2D eigenvalue weighted by Crippen LogP contribution is -2.50. The number of rotatable bonds is 5. The molecule has 2 aliphatic rings. The van der Waals surface area contributed by atoms with E-state index >= 15 is 0 Å². The number of piperidine rings is 1. The number of halogens is 1. The van der Waals surface area contributed by atoms with E-state index in [0.717, 1.165) is 17.7 Å². The molecule has 1 aromatic heterocycles. The summed E-state index contributed by atoms with van der Waals surface area (Å²) in [5.41, 5.74) is 2.24. The van der Waals surface area contributed by atoms with Gasteiger partial charge in [-0.3, -0.25) is 9.59 Å². The number of amides is 3. The Balaban J connectivity index is 1.26. The first-order valence-electron chi connectivity index (χ1n) is 11.9. The van der Waals surface area contributed by atoms with Crippen LogP contribution in [0, 0.1) is 11.7 Å². The zero-order chi connectivity index (χ0) is 25.2. The van der Waals surface area contributed by atoms with Crippen LogP contribution in [0.2, 0.25) is 0 Å². The van der Waals surface area contributed by atoms with Gasteiger partial charge in [0.15, 0.2) is 0 Å². The van der Waals surface area contributed by atoms with Gasteiger partial charge < -0.3 is 24.8 Å². The smallest absolute Gasteiger partial charge is 0.321 e. The van der Waals surface area contributed by atoms with Crippen LogP contribution in [0.4, 0.5) is 20.6 Å². The second-order valence-corrected chi connectivity index (χ2v) is 9.30. The number of hydrogen-bond acceptors (Lipinski definition) is 4. The van der Waals surface area contributed by atoms with E-state index in [4.69, 9.17) is 4.74 Å². The summed E-state index contributed by atoms with van der Waals surface area (Å²) >= 11 is 0. The van der Waals surface area contributed by atoms with Crippen molar-refractivity contribution in [3.63, 3.8) is 0 Å². The molecule has 3 heterocycles. The minimum absolute atomic E-state index is 0.0215. The van der Waals surface area contributed by atoms with Crippen LogP contribution in [0.3, 0.4) is 0 Å². The Labute approximate surface area is 207 Å². The third-order valence-corrected chi connectivity index (χ3v) is 6.78. The summed E-state index contributed by atoms with van der Waals surface area (Å²) in [4.78, 5) is 40.4. The number of benzene rings is 2. The molecule has 0 aliphatic carbocycles. The van der Waals surface area contributed by atoms with Crippen LogP contribution in [0.25, 0.3) is 0 Å². The van der Waals surface area contributed by atoms with Crippen molar-refractivity contribution in [2.45, 2.75) is 25.3 Å². The molecule has 0 radical (unpaired) electrons. The molecule has 8 nitrogen and oxygen atoms in total. The highest BCUT2D eigenvalue weighted by Gasteiger charge is 2.36. The highest BCUT2D eigenvalue weighted by Crippen LogP contribution is 2.35. The summed E-state index contributed by atoms with van der Waals surface area (Å²) in [5, 5.41) is 5.57. The predicted molar refractivity (Wildman–Crippen MR) is 134 cm³/mol. The zero-order valence-electron chi connectivity index (χ0n) is 19.9. The van der Waals surface area contributed by atoms with Gasteiger partial charge in [0.2, 0.25) is 5.91 Å². The standard InChI is InChI=1S/C27H27FN4O4/c1-36-22-8-2-17(3-9-22)13-25(33)30-23-10-11-24-19-12-18(15-32(24)26(23)34)14-31(16-19)27(35)29-21-6-4-20(28)5-7-21/h2-11,18-19H,12-16H2,1H3,(H,29,35)(H,30,33)/t18-,19+/m0/s1. The zero-order valence-corrected chi connectivity index (χ0v) is 19.9. The topological polar surface area (TPSA) is 92.7 Å². The number of carbonyl (C=O) groups is 2. The van der Waals surface area contributed by atoms with Crippen LogP contribution in [0.15, 0.2) is 65.5 Å². The van der Waals surface area contributed by atoms with Crippen molar-refractivity contribution in [3.05, 3.63) is 88.1 Å². The summed E-state index contributed by atoms with van der Waals surface area (Å²) in [7, 11) is 1.58. The molecule has 2 atom stereocenters. The summed E-state index contributed by atoms with van der Waals surface area (Å²) in [6.07, 6.45) is 1.04. The molecule has 0 unspecified atom stereocenters. The molecule has 1 saturated heterocycles. The number of fused-ring (bicyclic) bond motifs is 4. The van der Waals surface area contributed by atoms with Gasteiger partial charge in [0.05, 0.1) is 13.5 Å².